The first-order valence-corrected chi connectivity index (χ1v) is 17.5. The van der Waals surface area contributed by atoms with Gasteiger partial charge in [0.05, 0.1) is 17.2 Å². The molecule has 1 aromatic heterocycles. The van der Waals surface area contributed by atoms with Gasteiger partial charge in [0.25, 0.3) is 0 Å². The zero-order valence-corrected chi connectivity index (χ0v) is 30.3. The van der Waals surface area contributed by atoms with Gasteiger partial charge < -0.3 is 30.1 Å². The highest BCUT2D eigenvalue weighted by molar-refractivity contribution is 5.91. The maximum atomic E-state index is 13.2. The van der Waals surface area contributed by atoms with Gasteiger partial charge in [0, 0.05) is 43.5 Å². The molecule has 2 aliphatic carbocycles. The molecule has 268 valence electrons. The molecule has 0 bridgehead atoms. The van der Waals surface area contributed by atoms with Crippen LogP contribution in [0.4, 0.5) is 15.4 Å². The first kappa shape index (κ1) is 36.8. The lowest BCUT2D eigenvalue weighted by Gasteiger charge is -2.52. The molecule has 50 heavy (non-hydrogen) atoms. The van der Waals surface area contributed by atoms with E-state index in [1.165, 1.54) is 0 Å². The lowest BCUT2D eigenvalue weighted by atomic mass is 9.62. The summed E-state index contributed by atoms with van der Waals surface area (Å²) in [5, 5.41) is 25.6. The molecule has 1 heterocycles. The standard InChI is InChI=1S/C39H51N5O6/c1-25(2)49-36(47)44(7)30-19-13-26(14-20-30)21-33(45)40-32-22-31(27-11-9-8-10-12-27)34(43-42-32)28-15-17-29(18-16-28)39(23-38(6,48)24-39)41-35(46)50-37(3,4)5/h8-12,15-18,22,25-26,30,48H,13-14,19-21,23-24H2,1-7H3,(H,41,46)(H,40,42,45). The molecule has 0 atom stereocenters. The Morgan fingerprint density at radius 1 is 0.960 bits per heavy atom. The zero-order chi connectivity index (χ0) is 36.3. The highest BCUT2D eigenvalue weighted by Crippen LogP contribution is 2.48. The highest BCUT2D eigenvalue weighted by atomic mass is 16.6. The molecule has 3 N–H and O–H groups in total. The Bertz CT molecular complexity index is 1650. The predicted octanol–water partition coefficient (Wildman–Crippen LogP) is 7.44. The van der Waals surface area contributed by atoms with Crippen LogP contribution in [0.25, 0.3) is 22.4 Å². The fraction of sp³-hybridized carbons (Fsp3) is 0.513. The number of ether oxygens (including phenoxy) is 2. The minimum atomic E-state index is -0.904. The Kier molecular flexibility index (Phi) is 10.9. The summed E-state index contributed by atoms with van der Waals surface area (Å²) in [5.74, 6) is 0.467. The molecule has 3 aromatic rings. The number of rotatable bonds is 9. The summed E-state index contributed by atoms with van der Waals surface area (Å²) in [6.07, 6.45) is 3.42. The molecule has 2 fully saturated rings. The van der Waals surface area contributed by atoms with Gasteiger partial charge in [-0.05, 0) is 90.3 Å². The average Bonchev–Trinajstić information content (AvgIpc) is 3.03. The van der Waals surface area contributed by atoms with Crippen LogP contribution in [0.15, 0.2) is 60.7 Å². The Morgan fingerprint density at radius 2 is 1.60 bits per heavy atom. The number of alkyl carbamates (subject to hydrolysis) is 1. The van der Waals surface area contributed by atoms with E-state index in [0.717, 1.165) is 47.9 Å². The molecule has 2 aromatic carbocycles. The van der Waals surface area contributed by atoms with E-state index < -0.39 is 22.8 Å². The van der Waals surface area contributed by atoms with E-state index in [0.29, 0.717) is 30.8 Å². The van der Waals surface area contributed by atoms with Gasteiger partial charge in [-0.1, -0.05) is 54.6 Å². The van der Waals surface area contributed by atoms with E-state index in [4.69, 9.17) is 9.47 Å². The number of aromatic nitrogens is 2. The smallest absolute Gasteiger partial charge is 0.410 e. The van der Waals surface area contributed by atoms with Gasteiger partial charge in [0.2, 0.25) is 5.91 Å². The van der Waals surface area contributed by atoms with Gasteiger partial charge in [-0.25, -0.2) is 9.59 Å². The van der Waals surface area contributed by atoms with Gasteiger partial charge in [0.15, 0.2) is 5.82 Å². The Morgan fingerprint density at radius 3 is 2.18 bits per heavy atom. The van der Waals surface area contributed by atoms with Gasteiger partial charge >= 0.3 is 12.2 Å². The minimum absolute atomic E-state index is 0.108. The number of hydrogen-bond donors (Lipinski definition) is 3. The van der Waals surface area contributed by atoms with Crippen LogP contribution >= 0.6 is 0 Å². The molecule has 2 saturated carbocycles. The number of benzene rings is 2. The number of anilines is 1. The summed E-state index contributed by atoms with van der Waals surface area (Å²) >= 11 is 0. The van der Waals surface area contributed by atoms with E-state index in [2.05, 4.69) is 20.8 Å². The first-order chi connectivity index (χ1) is 23.5. The van der Waals surface area contributed by atoms with Gasteiger partial charge in [-0.2, -0.15) is 0 Å². The lowest BCUT2D eigenvalue weighted by Crippen LogP contribution is -2.62. The van der Waals surface area contributed by atoms with Crippen molar-refractivity contribution in [2.45, 2.75) is 115 Å². The zero-order valence-electron chi connectivity index (χ0n) is 30.3. The second-order valence-corrected chi connectivity index (χ2v) is 15.5. The molecule has 3 amide bonds. The van der Waals surface area contributed by atoms with Gasteiger partial charge in [-0.3, -0.25) is 4.79 Å². The Labute approximate surface area is 295 Å². The monoisotopic (exact) mass is 685 g/mol. The fourth-order valence-electron chi connectivity index (χ4n) is 7.19. The van der Waals surface area contributed by atoms with Gasteiger partial charge in [0.1, 0.15) is 11.3 Å². The number of hydrogen-bond acceptors (Lipinski definition) is 8. The van der Waals surface area contributed by atoms with Crippen molar-refractivity contribution in [3.63, 3.8) is 0 Å². The van der Waals surface area contributed by atoms with Crippen LogP contribution in [0.3, 0.4) is 0 Å². The Hall–Kier alpha value is -4.51. The molecule has 5 rings (SSSR count). The topological polar surface area (TPSA) is 143 Å². The molecular weight excluding hydrogens is 634 g/mol. The number of amides is 3. The van der Waals surface area contributed by atoms with Crippen LogP contribution in [-0.2, 0) is 19.8 Å². The Balaban J connectivity index is 1.29. The number of carbonyl (C=O) groups is 3. The largest absolute Gasteiger partial charge is 0.447 e. The van der Waals surface area contributed by atoms with Crippen LogP contribution in [0.2, 0.25) is 0 Å². The van der Waals surface area contributed by atoms with Crippen molar-refractivity contribution in [2.24, 2.45) is 5.92 Å². The SMILES string of the molecule is CC(C)OC(=O)N(C)C1CCC(CC(=O)Nc2cc(-c3ccccc3)c(-c3ccc(C4(NC(=O)OC(C)(C)C)CC(C)(O)C4)cc3)nn2)CC1. The second-order valence-electron chi connectivity index (χ2n) is 15.5. The number of carbonyl (C=O) groups excluding carboxylic acids is 3. The van der Waals surface area contributed by atoms with Crippen molar-refractivity contribution in [3.8, 4) is 22.4 Å². The summed E-state index contributed by atoms with van der Waals surface area (Å²) in [4.78, 5) is 39.9. The summed E-state index contributed by atoms with van der Waals surface area (Å²) in [6.45, 7) is 10.9. The van der Waals surface area contributed by atoms with Crippen LogP contribution in [0.1, 0.15) is 92.1 Å². The predicted molar refractivity (Wildman–Crippen MR) is 192 cm³/mol. The lowest BCUT2D eigenvalue weighted by molar-refractivity contribution is -0.117. The van der Waals surface area contributed by atoms with Crippen molar-refractivity contribution in [1.82, 2.24) is 20.4 Å². The molecule has 2 aliphatic rings. The van der Waals surface area contributed by atoms with Crippen molar-refractivity contribution < 1.29 is 29.0 Å². The van der Waals surface area contributed by atoms with Crippen LogP contribution in [-0.4, -0.2) is 68.7 Å². The highest BCUT2D eigenvalue weighted by Gasteiger charge is 2.53. The van der Waals surface area contributed by atoms with E-state index in [1.807, 2.05) is 95.3 Å². The third-order valence-electron chi connectivity index (χ3n) is 9.43. The number of nitrogens with one attached hydrogen (secondary N) is 2. The van der Waals surface area contributed by atoms with Crippen molar-refractivity contribution in [1.29, 1.82) is 0 Å². The first-order valence-electron chi connectivity index (χ1n) is 17.5. The summed E-state index contributed by atoms with van der Waals surface area (Å²) in [6, 6.07) is 19.5. The molecule has 11 nitrogen and oxygen atoms in total. The second kappa shape index (κ2) is 14.8. The van der Waals surface area contributed by atoms with E-state index in [9.17, 15) is 19.5 Å². The molecule has 11 heteroatoms. The van der Waals surface area contributed by atoms with Crippen LogP contribution < -0.4 is 10.6 Å². The normalized spacial score (nSPS) is 23.4. The minimum Gasteiger partial charge on any atom is -0.447 e. The van der Waals surface area contributed by atoms with E-state index >= 15 is 0 Å². The molecule has 0 radical (unpaired) electrons. The number of nitrogens with zero attached hydrogens (tertiary/aromatic N) is 3. The van der Waals surface area contributed by atoms with Crippen molar-refractivity contribution >= 4 is 23.9 Å². The molecule has 0 spiro atoms. The maximum Gasteiger partial charge on any atom is 0.410 e. The molecule has 0 unspecified atom stereocenters. The third-order valence-corrected chi connectivity index (χ3v) is 9.43. The molecule has 0 aliphatic heterocycles. The summed E-state index contributed by atoms with van der Waals surface area (Å²) in [7, 11) is 1.78. The maximum absolute atomic E-state index is 13.2. The van der Waals surface area contributed by atoms with E-state index in [1.54, 1.807) is 18.9 Å². The quantitative estimate of drug-likeness (QED) is 0.211. The van der Waals surface area contributed by atoms with Crippen molar-refractivity contribution in [2.75, 3.05) is 12.4 Å². The number of aliphatic hydroxyl groups is 1. The van der Waals surface area contributed by atoms with Crippen molar-refractivity contribution in [3.05, 3.63) is 66.2 Å². The molecule has 0 saturated heterocycles. The summed E-state index contributed by atoms with van der Waals surface area (Å²) in [5.41, 5.74) is 1.74. The summed E-state index contributed by atoms with van der Waals surface area (Å²) < 4.78 is 10.9. The molecular formula is C39H51N5O6. The van der Waals surface area contributed by atoms with E-state index in [-0.39, 0.29) is 30.1 Å². The van der Waals surface area contributed by atoms with Gasteiger partial charge in [-0.15, -0.1) is 10.2 Å². The third kappa shape index (κ3) is 9.18. The fourth-order valence-corrected chi connectivity index (χ4v) is 7.19. The average molecular weight is 686 g/mol. The van der Waals surface area contributed by atoms with Crippen LogP contribution in [0.5, 0.6) is 0 Å². The van der Waals surface area contributed by atoms with Crippen LogP contribution in [0, 0.1) is 5.92 Å².